The minimum Gasteiger partial charge on any atom is -0.493 e. The molecule has 0 bridgehead atoms. The zero-order valence-corrected chi connectivity index (χ0v) is 19.5. The Kier molecular flexibility index (Phi) is 7.12. The van der Waals surface area contributed by atoms with Crippen LogP contribution >= 0.6 is 0 Å². The van der Waals surface area contributed by atoms with Crippen molar-refractivity contribution in [1.82, 2.24) is 0 Å². The van der Waals surface area contributed by atoms with Crippen LogP contribution in [0.1, 0.15) is 56.0 Å². The summed E-state index contributed by atoms with van der Waals surface area (Å²) >= 11 is 0. The molecule has 1 aliphatic rings. The van der Waals surface area contributed by atoms with E-state index in [1.165, 1.54) is 0 Å². The van der Waals surface area contributed by atoms with Crippen LogP contribution in [0, 0.1) is 11.3 Å². The van der Waals surface area contributed by atoms with Gasteiger partial charge in [0.15, 0.2) is 17.3 Å². The summed E-state index contributed by atoms with van der Waals surface area (Å²) in [5.41, 5.74) is 3.41. The molecule has 0 heterocycles. The molecule has 1 atom stereocenters. The molecule has 0 aliphatic heterocycles. The van der Waals surface area contributed by atoms with Gasteiger partial charge in [0, 0.05) is 24.0 Å². The standard InChI is InChI=1S/C26H32O6/c1-16(12-23(28)29)14-26(2,3)15-32-24-20(9-11-22(30-4)25(24)31-5)18-6-8-19-17(13-18)7-10-21(19)27/h6,8-9,11,13,16H,7,10,12,14-15H2,1-5H3,(H,28,29). The van der Waals surface area contributed by atoms with E-state index in [0.29, 0.717) is 36.7 Å². The minimum atomic E-state index is -0.791. The average Bonchev–Trinajstić information content (AvgIpc) is 3.10. The van der Waals surface area contributed by atoms with Crippen molar-refractivity contribution in [3.05, 3.63) is 41.5 Å². The molecule has 0 radical (unpaired) electrons. The maximum Gasteiger partial charge on any atom is 0.303 e. The monoisotopic (exact) mass is 440 g/mol. The second-order valence-electron chi connectivity index (χ2n) is 9.33. The average molecular weight is 441 g/mol. The second kappa shape index (κ2) is 9.63. The molecule has 0 fully saturated rings. The smallest absolute Gasteiger partial charge is 0.303 e. The van der Waals surface area contributed by atoms with Gasteiger partial charge < -0.3 is 19.3 Å². The van der Waals surface area contributed by atoms with Gasteiger partial charge in [-0.15, -0.1) is 0 Å². The molecule has 1 N–H and O–H groups in total. The number of carboxylic acid groups (broad SMARTS) is 1. The quantitative estimate of drug-likeness (QED) is 0.532. The number of ketones is 1. The van der Waals surface area contributed by atoms with Gasteiger partial charge in [0.25, 0.3) is 0 Å². The molecule has 6 nitrogen and oxygen atoms in total. The van der Waals surface area contributed by atoms with E-state index < -0.39 is 5.97 Å². The summed E-state index contributed by atoms with van der Waals surface area (Å²) in [6, 6.07) is 9.66. The van der Waals surface area contributed by atoms with Crippen LogP contribution in [0.15, 0.2) is 30.3 Å². The predicted molar refractivity (Wildman–Crippen MR) is 123 cm³/mol. The van der Waals surface area contributed by atoms with Crippen molar-refractivity contribution >= 4 is 11.8 Å². The first-order valence-electron chi connectivity index (χ1n) is 10.9. The normalized spacial score (nSPS) is 14.1. The third-order valence-electron chi connectivity index (χ3n) is 5.87. The topological polar surface area (TPSA) is 82.1 Å². The van der Waals surface area contributed by atoms with E-state index in [4.69, 9.17) is 19.3 Å². The van der Waals surface area contributed by atoms with Crippen LogP contribution in [-0.4, -0.2) is 37.7 Å². The van der Waals surface area contributed by atoms with Crippen molar-refractivity contribution in [3.8, 4) is 28.4 Å². The number of rotatable bonds is 10. The summed E-state index contributed by atoms with van der Waals surface area (Å²) in [5, 5.41) is 9.08. The van der Waals surface area contributed by atoms with Crippen LogP contribution in [-0.2, 0) is 11.2 Å². The van der Waals surface area contributed by atoms with Crippen molar-refractivity contribution < 1.29 is 28.9 Å². The van der Waals surface area contributed by atoms with Crippen molar-refractivity contribution in [3.63, 3.8) is 0 Å². The van der Waals surface area contributed by atoms with Crippen LogP contribution in [0.25, 0.3) is 11.1 Å². The highest BCUT2D eigenvalue weighted by molar-refractivity contribution is 6.01. The fourth-order valence-corrected chi connectivity index (χ4v) is 4.53. The molecule has 0 amide bonds. The van der Waals surface area contributed by atoms with Gasteiger partial charge in [-0.1, -0.05) is 39.0 Å². The summed E-state index contributed by atoms with van der Waals surface area (Å²) < 4.78 is 17.5. The Morgan fingerprint density at radius 2 is 1.78 bits per heavy atom. The van der Waals surface area contributed by atoms with Gasteiger partial charge in [0.1, 0.15) is 0 Å². The van der Waals surface area contributed by atoms with E-state index in [0.717, 1.165) is 28.7 Å². The second-order valence-corrected chi connectivity index (χ2v) is 9.33. The summed E-state index contributed by atoms with van der Waals surface area (Å²) in [7, 11) is 3.16. The predicted octanol–water partition coefficient (Wildman–Crippen LogP) is 5.41. The lowest BCUT2D eigenvalue weighted by Gasteiger charge is -2.29. The highest BCUT2D eigenvalue weighted by Crippen LogP contribution is 2.46. The van der Waals surface area contributed by atoms with Crippen molar-refractivity contribution in [1.29, 1.82) is 0 Å². The SMILES string of the molecule is COc1ccc(-c2ccc3c(c2)CCC3=O)c(OCC(C)(C)CC(C)CC(=O)O)c1OC. The molecule has 1 unspecified atom stereocenters. The third kappa shape index (κ3) is 5.23. The van der Waals surface area contributed by atoms with Crippen LogP contribution in [0.4, 0.5) is 0 Å². The Morgan fingerprint density at radius 3 is 2.44 bits per heavy atom. The maximum absolute atomic E-state index is 12.0. The van der Waals surface area contributed by atoms with E-state index in [1.54, 1.807) is 14.2 Å². The molecule has 0 saturated carbocycles. The first-order valence-corrected chi connectivity index (χ1v) is 10.9. The molecule has 0 spiro atoms. The van der Waals surface area contributed by atoms with Gasteiger partial charge in [-0.05, 0) is 47.4 Å². The number of carbonyl (C=O) groups excluding carboxylic acids is 1. The largest absolute Gasteiger partial charge is 0.493 e. The number of benzene rings is 2. The third-order valence-corrected chi connectivity index (χ3v) is 5.87. The fourth-order valence-electron chi connectivity index (χ4n) is 4.53. The molecule has 3 rings (SSSR count). The van der Waals surface area contributed by atoms with Gasteiger partial charge in [0.05, 0.1) is 20.8 Å². The molecular formula is C26H32O6. The number of hydrogen-bond donors (Lipinski definition) is 1. The molecular weight excluding hydrogens is 408 g/mol. The van der Waals surface area contributed by atoms with Crippen LogP contribution in [0.5, 0.6) is 17.2 Å². The minimum absolute atomic E-state index is 0.0343. The Morgan fingerprint density at radius 1 is 1.06 bits per heavy atom. The van der Waals surface area contributed by atoms with Gasteiger partial charge >= 0.3 is 5.97 Å². The van der Waals surface area contributed by atoms with E-state index in [-0.39, 0.29) is 23.5 Å². The Hall–Kier alpha value is -3.02. The van der Waals surface area contributed by atoms with Crippen LogP contribution in [0.2, 0.25) is 0 Å². The molecule has 2 aromatic carbocycles. The molecule has 2 aromatic rings. The van der Waals surface area contributed by atoms with E-state index in [2.05, 4.69) is 19.9 Å². The summed E-state index contributed by atoms with van der Waals surface area (Å²) in [6.45, 7) is 6.47. The lowest BCUT2D eigenvalue weighted by Crippen LogP contribution is -2.25. The van der Waals surface area contributed by atoms with E-state index >= 15 is 0 Å². The number of hydrogen-bond acceptors (Lipinski definition) is 5. The van der Waals surface area contributed by atoms with E-state index in [1.807, 2.05) is 31.2 Å². The van der Waals surface area contributed by atoms with E-state index in [9.17, 15) is 9.59 Å². The number of carboxylic acids is 1. The lowest BCUT2D eigenvalue weighted by atomic mass is 9.83. The zero-order valence-electron chi connectivity index (χ0n) is 19.5. The molecule has 172 valence electrons. The Balaban J connectivity index is 1.93. The highest BCUT2D eigenvalue weighted by Gasteiger charge is 2.27. The number of ether oxygens (including phenoxy) is 3. The first-order chi connectivity index (χ1) is 15.1. The maximum atomic E-state index is 12.0. The van der Waals surface area contributed by atoms with Crippen molar-refractivity contribution in [2.24, 2.45) is 11.3 Å². The number of aliphatic carboxylic acids is 1. The molecule has 32 heavy (non-hydrogen) atoms. The van der Waals surface area contributed by atoms with Gasteiger partial charge in [0.2, 0.25) is 5.75 Å². The number of Topliss-reactive ketones (excluding diaryl/α,β-unsaturated/α-hetero) is 1. The fraction of sp³-hybridized carbons (Fsp3) is 0.462. The highest BCUT2D eigenvalue weighted by atomic mass is 16.5. The lowest BCUT2D eigenvalue weighted by molar-refractivity contribution is -0.138. The first kappa shape index (κ1) is 23.6. The molecule has 6 heteroatoms. The number of methoxy groups -OCH3 is 2. The molecule has 0 saturated heterocycles. The van der Waals surface area contributed by atoms with Gasteiger partial charge in [-0.25, -0.2) is 0 Å². The molecule has 0 aromatic heterocycles. The summed E-state index contributed by atoms with van der Waals surface area (Å²) in [4.78, 5) is 23.1. The van der Waals surface area contributed by atoms with Gasteiger partial charge in [-0.3, -0.25) is 9.59 Å². The number of aryl methyl sites for hydroxylation is 1. The Bertz CT molecular complexity index is 1010. The summed E-state index contributed by atoms with van der Waals surface area (Å²) in [5.74, 6) is 1.09. The Labute approximate surface area is 189 Å². The van der Waals surface area contributed by atoms with Gasteiger partial charge in [-0.2, -0.15) is 0 Å². The van der Waals surface area contributed by atoms with Crippen LogP contribution in [0.3, 0.4) is 0 Å². The van der Waals surface area contributed by atoms with Crippen molar-refractivity contribution in [2.45, 2.75) is 46.5 Å². The zero-order chi connectivity index (χ0) is 23.5. The molecule has 1 aliphatic carbocycles. The number of fused-ring (bicyclic) bond motifs is 1. The van der Waals surface area contributed by atoms with Crippen molar-refractivity contribution in [2.75, 3.05) is 20.8 Å². The number of carbonyl (C=O) groups is 2. The van der Waals surface area contributed by atoms with Crippen LogP contribution < -0.4 is 14.2 Å². The summed E-state index contributed by atoms with van der Waals surface area (Å²) in [6.07, 6.45) is 2.14.